The molecular formula is C35H37Cl2F3N2O3. The summed E-state index contributed by atoms with van der Waals surface area (Å²) in [6.45, 7) is 3.59. The molecule has 0 spiro atoms. The number of benzene rings is 4. The van der Waals surface area contributed by atoms with Gasteiger partial charge >= 0.3 is 12.1 Å². The van der Waals surface area contributed by atoms with E-state index >= 15 is 0 Å². The van der Waals surface area contributed by atoms with Gasteiger partial charge < -0.3 is 15.2 Å². The fourth-order valence-electron chi connectivity index (χ4n) is 5.31. The number of nitrogens with zero attached hydrogens (tertiary/aromatic N) is 1. The molecule has 0 bridgehead atoms. The summed E-state index contributed by atoms with van der Waals surface area (Å²) in [4.78, 5) is 12.9. The number of rotatable bonds is 15. The first-order valence-electron chi connectivity index (χ1n) is 14.4. The minimum atomic E-state index is -4.56. The maximum absolute atomic E-state index is 13.7. The van der Waals surface area contributed by atoms with Gasteiger partial charge in [0.1, 0.15) is 5.75 Å². The Bertz CT molecular complexity index is 1470. The minimum Gasteiger partial charge on any atom is -0.494 e. The molecule has 0 fully saturated rings. The van der Waals surface area contributed by atoms with E-state index in [4.69, 9.17) is 21.4 Å². The predicted octanol–water partition coefficient (Wildman–Crippen LogP) is 8.23. The van der Waals surface area contributed by atoms with Crippen LogP contribution in [-0.2, 0) is 29.5 Å². The Morgan fingerprint density at radius 2 is 1.53 bits per heavy atom. The fraction of sp³-hybridized carbons (Fsp3) is 0.286. The standard InChI is InChI=1S/C35H36ClF3N2O3.ClH/c1-34(28-13-4-2-5-14-28,29-15-6-3-7-16-29)41(25-27-12-9-18-31(33(27)36)35(37,38)39)21-10-22-44-30-17-8-11-26(23-30)19-20-40-24-32(42)43;/h2-9,11-18,23,40H,10,19-22,24-25H2,1H3,(H,42,43);1H. The van der Waals surface area contributed by atoms with Crippen LogP contribution >= 0.6 is 24.0 Å². The van der Waals surface area contributed by atoms with Gasteiger partial charge in [0.25, 0.3) is 0 Å². The molecule has 0 aliphatic heterocycles. The molecule has 5 nitrogen and oxygen atoms in total. The second-order valence-electron chi connectivity index (χ2n) is 10.7. The molecule has 45 heavy (non-hydrogen) atoms. The Morgan fingerprint density at radius 1 is 0.911 bits per heavy atom. The molecule has 0 atom stereocenters. The third-order valence-corrected chi connectivity index (χ3v) is 8.10. The average Bonchev–Trinajstić information content (AvgIpc) is 3.01. The summed E-state index contributed by atoms with van der Waals surface area (Å²) in [6, 6.07) is 31.5. The number of hydrogen-bond acceptors (Lipinski definition) is 4. The Hall–Kier alpha value is -3.56. The summed E-state index contributed by atoms with van der Waals surface area (Å²) in [5, 5.41) is 11.4. The first-order valence-corrected chi connectivity index (χ1v) is 14.8. The van der Waals surface area contributed by atoms with Gasteiger partial charge in [0, 0.05) is 13.1 Å². The van der Waals surface area contributed by atoms with E-state index in [9.17, 15) is 18.0 Å². The average molecular weight is 662 g/mol. The highest BCUT2D eigenvalue weighted by Gasteiger charge is 2.37. The molecule has 0 saturated heterocycles. The Labute approximate surface area is 273 Å². The van der Waals surface area contributed by atoms with Gasteiger partial charge in [0.15, 0.2) is 0 Å². The van der Waals surface area contributed by atoms with E-state index in [1.807, 2.05) is 84.9 Å². The van der Waals surface area contributed by atoms with Crippen molar-refractivity contribution in [2.75, 3.05) is 26.2 Å². The van der Waals surface area contributed by atoms with Crippen molar-refractivity contribution in [1.82, 2.24) is 10.2 Å². The van der Waals surface area contributed by atoms with Gasteiger partial charge in [-0.15, -0.1) is 12.4 Å². The minimum absolute atomic E-state index is 0. The Kier molecular flexibility index (Phi) is 13.3. The van der Waals surface area contributed by atoms with Crippen LogP contribution in [0, 0.1) is 0 Å². The van der Waals surface area contributed by atoms with Crippen LogP contribution in [0.1, 0.15) is 41.2 Å². The van der Waals surface area contributed by atoms with Crippen LogP contribution in [0.2, 0.25) is 5.02 Å². The summed E-state index contributed by atoms with van der Waals surface area (Å²) >= 11 is 6.39. The van der Waals surface area contributed by atoms with Crippen molar-refractivity contribution >= 4 is 30.0 Å². The van der Waals surface area contributed by atoms with Crippen LogP contribution in [0.25, 0.3) is 0 Å². The Morgan fingerprint density at radius 3 is 2.13 bits per heavy atom. The zero-order chi connectivity index (χ0) is 31.6. The van der Waals surface area contributed by atoms with Gasteiger partial charge in [-0.3, -0.25) is 9.69 Å². The number of ether oxygens (including phenoxy) is 1. The monoisotopic (exact) mass is 660 g/mol. The maximum atomic E-state index is 13.7. The molecule has 0 aromatic heterocycles. The highest BCUT2D eigenvalue weighted by molar-refractivity contribution is 6.32. The molecule has 4 rings (SSSR count). The number of halogens is 5. The molecule has 0 aliphatic carbocycles. The lowest BCUT2D eigenvalue weighted by Crippen LogP contribution is -2.45. The molecule has 0 saturated carbocycles. The number of aliphatic carboxylic acids is 1. The van der Waals surface area contributed by atoms with Crippen molar-refractivity contribution in [3.63, 3.8) is 0 Å². The number of carbonyl (C=O) groups is 1. The lowest BCUT2D eigenvalue weighted by Gasteiger charge is -2.43. The van der Waals surface area contributed by atoms with Crippen LogP contribution in [0.4, 0.5) is 13.2 Å². The lowest BCUT2D eigenvalue weighted by molar-refractivity contribution is -0.138. The second kappa shape index (κ2) is 16.7. The number of nitrogens with one attached hydrogen (secondary N) is 1. The molecule has 2 N–H and O–H groups in total. The number of carboxylic acid groups (broad SMARTS) is 1. The van der Waals surface area contributed by atoms with E-state index in [1.54, 1.807) is 6.07 Å². The third-order valence-electron chi connectivity index (χ3n) is 7.66. The molecule has 0 amide bonds. The van der Waals surface area contributed by atoms with Gasteiger partial charge in [-0.05, 0) is 66.8 Å². The van der Waals surface area contributed by atoms with Crippen LogP contribution in [-0.4, -0.2) is 42.2 Å². The first-order chi connectivity index (χ1) is 21.1. The molecule has 10 heteroatoms. The van der Waals surface area contributed by atoms with E-state index in [0.29, 0.717) is 43.9 Å². The van der Waals surface area contributed by atoms with Crippen molar-refractivity contribution < 1.29 is 27.8 Å². The van der Waals surface area contributed by atoms with Crippen LogP contribution in [0.5, 0.6) is 5.75 Å². The predicted molar refractivity (Wildman–Crippen MR) is 174 cm³/mol. The molecule has 240 valence electrons. The SMILES string of the molecule is CC(c1ccccc1)(c1ccccc1)N(CCCOc1cccc(CCNCC(=O)O)c1)Cc1cccc(C(F)(F)F)c1Cl.Cl. The van der Waals surface area contributed by atoms with Gasteiger partial charge in [0.05, 0.1) is 29.3 Å². The van der Waals surface area contributed by atoms with Crippen molar-refractivity contribution in [2.45, 2.75) is 38.0 Å². The smallest absolute Gasteiger partial charge is 0.417 e. The van der Waals surface area contributed by atoms with E-state index < -0.39 is 23.2 Å². The number of alkyl halides is 3. The number of hydrogen-bond donors (Lipinski definition) is 2. The van der Waals surface area contributed by atoms with Gasteiger partial charge in [-0.25, -0.2) is 0 Å². The highest BCUT2D eigenvalue weighted by atomic mass is 35.5. The van der Waals surface area contributed by atoms with Crippen molar-refractivity contribution in [2.24, 2.45) is 0 Å². The lowest BCUT2D eigenvalue weighted by atomic mass is 9.82. The van der Waals surface area contributed by atoms with Crippen molar-refractivity contribution in [3.05, 3.63) is 136 Å². The van der Waals surface area contributed by atoms with Crippen molar-refractivity contribution in [3.8, 4) is 5.75 Å². The van der Waals surface area contributed by atoms with E-state index in [1.165, 1.54) is 6.07 Å². The Balaban J connectivity index is 0.00000552. The highest BCUT2D eigenvalue weighted by Crippen LogP contribution is 2.40. The molecule has 0 radical (unpaired) electrons. The van der Waals surface area contributed by atoms with E-state index in [-0.39, 0.29) is 30.5 Å². The molecular weight excluding hydrogens is 624 g/mol. The van der Waals surface area contributed by atoms with Gasteiger partial charge in [-0.1, -0.05) is 96.5 Å². The van der Waals surface area contributed by atoms with Gasteiger partial charge in [0.2, 0.25) is 0 Å². The summed E-state index contributed by atoms with van der Waals surface area (Å²) < 4.78 is 47.3. The molecule has 0 aliphatic rings. The normalized spacial score (nSPS) is 11.7. The summed E-state index contributed by atoms with van der Waals surface area (Å²) in [6.07, 6.45) is -3.31. The molecule has 4 aromatic rings. The molecule has 0 heterocycles. The topological polar surface area (TPSA) is 61.8 Å². The second-order valence-corrected chi connectivity index (χ2v) is 11.1. The fourth-order valence-corrected chi connectivity index (χ4v) is 5.60. The van der Waals surface area contributed by atoms with Crippen LogP contribution < -0.4 is 10.1 Å². The van der Waals surface area contributed by atoms with Crippen LogP contribution in [0.3, 0.4) is 0 Å². The van der Waals surface area contributed by atoms with Crippen molar-refractivity contribution in [1.29, 1.82) is 0 Å². The zero-order valence-electron chi connectivity index (χ0n) is 24.9. The number of carboxylic acids is 1. The zero-order valence-corrected chi connectivity index (χ0v) is 26.5. The van der Waals surface area contributed by atoms with Crippen LogP contribution in [0.15, 0.2) is 103 Å². The first kappa shape index (κ1) is 35.9. The van der Waals surface area contributed by atoms with Gasteiger partial charge in [-0.2, -0.15) is 13.2 Å². The third kappa shape index (κ3) is 9.71. The van der Waals surface area contributed by atoms with E-state index in [0.717, 1.165) is 22.8 Å². The molecule has 4 aromatic carbocycles. The largest absolute Gasteiger partial charge is 0.494 e. The summed E-state index contributed by atoms with van der Waals surface area (Å²) in [5.74, 6) is -0.204. The quantitative estimate of drug-likeness (QED) is 0.126. The summed E-state index contributed by atoms with van der Waals surface area (Å²) in [7, 11) is 0. The maximum Gasteiger partial charge on any atom is 0.417 e. The van der Waals surface area contributed by atoms with E-state index in [2.05, 4.69) is 17.1 Å². The summed E-state index contributed by atoms with van der Waals surface area (Å²) in [5.41, 5.74) is 1.87. The molecule has 0 unspecified atom stereocenters.